The molecule has 0 fully saturated rings. The monoisotopic (exact) mass is 322 g/mol. The molecular weight excluding hydrogens is 312 g/mol. The highest BCUT2D eigenvalue weighted by molar-refractivity contribution is 7.87. The van der Waals surface area contributed by atoms with E-state index >= 15 is 0 Å². The van der Waals surface area contributed by atoms with Gasteiger partial charge in [0.25, 0.3) is 0 Å². The number of carbonyl (C=O) groups is 2. The lowest BCUT2D eigenvalue weighted by Gasteiger charge is -2.08. The second kappa shape index (κ2) is 5.86. The Hall–Kier alpha value is -2.87. The number of benzene rings is 2. The number of hydrogen-bond acceptors (Lipinski definition) is 5. The van der Waals surface area contributed by atoms with E-state index in [0.29, 0.717) is 0 Å². The molecule has 0 heterocycles. The van der Waals surface area contributed by atoms with Gasteiger partial charge in [0.1, 0.15) is 10.6 Å². The molecule has 0 saturated carbocycles. The molecule has 2 rings (SSSR count). The average Bonchev–Trinajstić information content (AvgIpc) is 2.47. The minimum atomic E-state index is -4.18. The van der Waals surface area contributed by atoms with Crippen molar-refractivity contribution in [2.45, 2.75) is 4.90 Å². The van der Waals surface area contributed by atoms with E-state index < -0.39 is 33.2 Å². The Balaban J connectivity index is 2.45. The van der Waals surface area contributed by atoms with Gasteiger partial charge in [-0.15, -0.1) is 0 Å². The molecule has 22 heavy (non-hydrogen) atoms. The summed E-state index contributed by atoms with van der Waals surface area (Å²) < 4.78 is 28.9. The van der Waals surface area contributed by atoms with Crippen LogP contribution >= 0.6 is 0 Å². The van der Waals surface area contributed by atoms with E-state index in [2.05, 4.69) is 0 Å². The van der Waals surface area contributed by atoms with Crippen LogP contribution in [-0.2, 0) is 10.1 Å². The van der Waals surface area contributed by atoms with Crippen molar-refractivity contribution in [2.24, 2.45) is 0 Å². The minimum Gasteiger partial charge on any atom is -0.478 e. The second-order valence-electron chi connectivity index (χ2n) is 4.21. The molecule has 0 aromatic heterocycles. The molecule has 0 bridgehead atoms. The smallest absolute Gasteiger partial charge is 0.339 e. The summed E-state index contributed by atoms with van der Waals surface area (Å²) in [7, 11) is -4.18. The van der Waals surface area contributed by atoms with Crippen molar-refractivity contribution < 1.29 is 32.4 Å². The van der Waals surface area contributed by atoms with E-state index in [9.17, 15) is 18.0 Å². The van der Waals surface area contributed by atoms with E-state index in [1.54, 1.807) is 6.07 Å². The van der Waals surface area contributed by atoms with Crippen molar-refractivity contribution in [3.63, 3.8) is 0 Å². The fraction of sp³-hybridized carbons (Fsp3) is 0. The Morgan fingerprint density at radius 1 is 0.864 bits per heavy atom. The first-order valence-corrected chi connectivity index (χ1v) is 7.31. The summed E-state index contributed by atoms with van der Waals surface area (Å²) in [5.74, 6) is -3.18. The van der Waals surface area contributed by atoms with E-state index in [4.69, 9.17) is 14.4 Å². The first-order chi connectivity index (χ1) is 10.3. The number of aromatic carboxylic acids is 2. The molecule has 0 saturated heterocycles. The van der Waals surface area contributed by atoms with Gasteiger partial charge in [-0.2, -0.15) is 8.42 Å². The summed E-state index contributed by atoms with van der Waals surface area (Å²) in [4.78, 5) is 21.8. The van der Waals surface area contributed by atoms with Crippen LogP contribution < -0.4 is 4.18 Å². The molecule has 0 aliphatic carbocycles. The highest BCUT2D eigenvalue weighted by Crippen LogP contribution is 2.22. The topological polar surface area (TPSA) is 118 Å². The first-order valence-electron chi connectivity index (χ1n) is 5.91. The van der Waals surface area contributed by atoms with Crippen molar-refractivity contribution in [1.29, 1.82) is 0 Å². The van der Waals surface area contributed by atoms with E-state index in [1.807, 2.05) is 0 Å². The van der Waals surface area contributed by atoms with Gasteiger partial charge in [-0.05, 0) is 30.3 Å². The SMILES string of the molecule is O=C(O)c1cc(OS(=O)(=O)c2ccccc2)cc(C(=O)O)c1. The van der Waals surface area contributed by atoms with Crippen molar-refractivity contribution in [3.8, 4) is 5.75 Å². The van der Waals surface area contributed by atoms with Gasteiger partial charge in [-0.1, -0.05) is 18.2 Å². The molecule has 0 aliphatic heterocycles. The highest BCUT2D eigenvalue weighted by atomic mass is 32.2. The van der Waals surface area contributed by atoms with Gasteiger partial charge in [0.05, 0.1) is 11.1 Å². The molecule has 114 valence electrons. The van der Waals surface area contributed by atoms with Crippen molar-refractivity contribution in [3.05, 3.63) is 59.7 Å². The summed E-state index contributed by atoms with van der Waals surface area (Å²) in [5, 5.41) is 17.9. The van der Waals surface area contributed by atoms with Gasteiger partial charge in [0.15, 0.2) is 0 Å². The number of hydrogen-bond donors (Lipinski definition) is 2. The van der Waals surface area contributed by atoms with E-state index in [1.165, 1.54) is 24.3 Å². The van der Waals surface area contributed by atoms with Crippen LogP contribution in [0.4, 0.5) is 0 Å². The molecule has 8 heteroatoms. The van der Waals surface area contributed by atoms with Crippen LogP contribution in [0.1, 0.15) is 20.7 Å². The summed E-state index contributed by atoms with van der Waals surface area (Å²) in [6.07, 6.45) is 0. The zero-order valence-electron chi connectivity index (χ0n) is 11.0. The fourth-order valence-electron chi connectivity index (χ4n) is 1.66. The second-order valence-corrected chi connectivity index (χ2v) is 5.75. The molecule has 0 atom stereocenters. The lowest BCUT2D eigenvalue weighted by Crippen LogP contribution is -2.11. The zero-order valence-corrected chi connectivity index (χ0v) is 11.8. The van der Waals surface area contributed by atoms with Crippen LogP contribution in [0.15, 0.2) is 53.4 Å². The summed E-state index contributed by atoms with van der Waals surface area (Å²) >= 11 is 0. The van der Waals surface area contributed by atoms with Crippen molar-refractivity contribution in [2.75, 3.05) is 0 Å². The van der Waals surface area contributed by atoms with E-state index in [-0.39, 0.29) is 10.6 Å². The van der Waals surface area contributed by atoms with Crippen LogP contribution in [0.3, 0.4) is 0 Å². The average molecular weight is 322 g/mol. The molecule has 2 aromatic rings. The molecule has 0 amide bonds. The number of carboxylic acid groups (broad SMARTS) is 2. The fourth-order valence-corrected chi connectivity index (χ4v) is 2.59. The maximum Gasteiger partial charge on any atom is 0.339 e. The largest absolute Gasteiger partial charge is 0.478 e. The zero-order chi connectivity index (χ0) is 16.3. The van der Waals surface area contributed by atoms with Crippen molar-refractivity contribution in [1.82, 2.24) is 0 Å². The number of carboxylic acids is 2. The third-order valence-electron chi connectivity index (χ3n) is 2.64. The maximum absolute atomic E-state index is 12.0. The lowest BCUT2D eigenvalue weighted by atomic mass is 10.1. The van der Waals surface area contributed by atoms with Gasteiger partial charge in [-0.3, -0.25) is 0 Å². The molecule has 7 nitrogen and oxygen atoms in total. The van der Waals surface area contributed by atoms with Gasteiger partial charge >= 0.3 is 22.1 Å². The van der Waals surface area contributed by atoms with Gasteiger partial charge < -0.3 is 14.4 Å². The predicted octanol–water partition coefficient (Wildman–Crippen LogP) is 1.85. The normalized spacial score (nSPS) is 10.9. The molecule has 0 aliphatic rings. The quantitative estimate of drug-likeness (QED) is 0.806. The predicted molar refractivity (Wildman–Crippen MR) is 74.6 cm³/mol. The molecule has 2 N–H and O–H groups in total. The Morgan fingerprint density at radius 3 is 1.82 bits per heavy atom. The highest BCUT2D eigenvalue weighted by Gasteiger charge is 2.19. The molecule has 0 unspecified atom stereocenters. The Morgan fingerprint density at radius 2 is 1.36 bits per heavy atom. The standard InChI is InChI=1S/C14H10O7S/c15-13(16)9-6-10(14(17)18)8-11(7-9)21-22(19,20)12-4-2-1-3-5-12/h1-8H,(H,15,16)(H,17,18). The van der Waals surface area contributed by atoms with Gasteiger partial charge in [-0.25, -0.2) is 9.59 Å². The van der Waals surface area contributed by atoms with Crippen LogP contribution in [0.25, 0.3) is 0 Å². The molecule has 0 spiro atoms. The third kappa shape index (κ3) is 3.41. The van der Waals surface area contributed by atoms with Crippen LogP contribution in [0, 0.1) is 0 Å². The van der Waals surface area contributed by atoms with Crippen LogP contribution in [-0.4, -0.2) is 30.6 Å². The molecular formula is C14H10O7S. The van der Waals surface area contributed by atoms with Gasteiger partial charge in [0.2, 0.25) is 0 Å². The Labute approximate surface area is 125 Å². The summed E-state index contributed by atoms with van der Waals surface area (Å²) in [6, 6.07) is 9.99. The van der Waals surface area contributed by atoms with Gasteiger partial charge in [0, 0.05) is 0 Å². The third-order valence-corrected chi connectivity index (χ3v) is 3.90. The Kier molecular flexibility index (Phi) is 4.13. The Bertz CT molecular complexity index is 793. The summed E-state index contributed by atoms with van der Waals surface area (Å²) in [6.45, 7) is 0. The number of rotatable bonds is 5. The molecule has 0 radical (unpaired) electrons. The first kappa shape index (κ1) is 15.5. The van der Waals surface area contributed by atoms with E-state index in [0.717, 1.165) is 18.2 Å². The molecule has 2 aromatic carbocycles. The lowest BCUT2D eigenvalue weighted by molar-refractivity contribution is 0.0696. The van der Waals surface area contributed by atoms with Crippen LogP contribution in [0.5, 0.6) is 5.75 Å². The minimum absolute atomic E-state index is 0.132. The van der Waals surface area contributed by atoms with Crippen LogP contribution in [0.2, 0.25) is 0 Å². The van der Waals surface area contributed by atoms with Crippen molar-refractivity contribution >= 4 is 22.1 Å². The summed E-state index contributed by atoms with van der Waals surface area (Å²) in [5.41, 5.74) is -0.781. The maximum atomic E-state index is 12.0.